The standard InChI is InChI=1S/C13H14Br2FNO/c14-9-2-1-8(5-9)7-17-13(18)11-4-3-10(16)6-12(11)15/h3-4,6,8-9H,1-2,5,7H2,(H,17,18). The highest BCUT2D eigenvalue weighted by Gasteiger charge is 2.23. The first-order valence-corrected chi connectivity index (χ1v) is 7.64. The van der Waals surface area contributed by atoms with Crippen molar-refractivity contribution in [1.29, 1.82) is 0 Å². The molecule has 0 spiro atoms. The fourth-order valence-electron chi connectivity index (χ4n) is 2.21. The molecule has 0 saturated heterocycles. The number of carbonyl (C=O) groups excluding carboxylic acids is 1. The smallest absolute Gasteiger partial charge is 0.252 e. The highest BCUT2D eigenvalue weighted by Crippen LogP contribution is 2.30. The molecule has 18 heavy (non-hydrogen) atoms. The third kappa shape index (κ3) is 3.54. The summed E-state index contributed by atoms with van der Waals surface area (Å²) in [5, 5.41) is 2.91. The van der Waals surface area contributed by atoms with Gasteiger partial charge >= 0.3 is 0 Å². The number of nitrogens with one attached hydrogen (secondary N) is 1. The molecule has 0 radical (unpaired) electrons. The number of rotatable bonds is 3. The lowest BCUT2D eigenvalue weighted by Crippen LogP contribution is -2.28. The van der Waals surface area contributed by atoms with Gasteiger partial charge in [0.05, 0.1) is 5.56 Å². The van der Waals surface area contributed by atoms with Crippen molar-refractivity contribution in [3.8, 4) is 0 Å². The fraction of sp³-hybridized carbons (Fsp3) is 0.462. The van der Waals surface area contributed by atoms with Crippen molar-refractivity contribution >= 4 is 37.8 Å². The Labute approximate surface area is 123 Å². The first-order chi connectivity index (χ1) is 8.56. The van der Waals surface area contributed by atoms with Gasteiger partial charge in [-0.05, 0) is 59.3 Å². The van der Waals surface area contributed by atoms with E-state index in [1.165, 1.54) is 24.6 Å². The predicted molar refractivity (Wildman–Crippen MR) is 76.5 cm³/mol. The Hall–Kier alpha value is -0.420. The lowest BCUT2D eigenvalue weighted by Gasteiger charge is -2.11. The highest BCUT2D eigenvalue weighted by atomic mass is 79.9. The average molecular weight is 379 g/mol. The van der Waals surface area contributed by atoms with E-state index < -0.39 is 0 Å². The van der Waals surface area contributed by atoms with Gasteiger partial charge in [-0.25, -0.2) is 4.39 Å². The third-order valence-corrected chi connectivity index (χ3v) is 4.69. The third-order valence-electron chi connectivity index (χ3n) is 3.20. The summed E-state index contributed by atoms with van der Waals surface area (Å²) in [6, 6.07) is 4.10. The number of carbonyl (C=O) groups is 1. The van der Waals surface area contributed by atoms with E-state index in [1.54, 1.807) is 0 Å². The van der Waals surface area contributed by atoms with Crippen LogP contribution in [-0.4, -0.2) is 17.3 Å². The van der Waals surface area contributed by atoms with Gasteiger partial charge in [0.25, 0.3) is 5.91 Å². The number of hydrogen-bond acceptors (Lipinski definition) is 1. The number of hydrogen-bond donors (Lipinski definition) is 1. The van der Waals surface area contributed by atoms with Crippen LogP contribution in [0.2, 0.25) is 0 Å². The molecule has 2 unspecified atom stereocenters. The molecule has 1 aromatic rings. The van der Waals surface area contributed by atoms with Crippen LogP contribution in [0.4, 0.5) is 4.39 Å². The molecule has 0 aliphatic heterocycles. The van der Waals surface area contributed by atoms with E-state index in [-0.39, 0.29) is 11.7 Å². The molecule has 1 aliphatic rings. The van der Waals surface area contributed by atoms with Crippen LogP contribution < -0.4 is 5.32 Å². The van der Waals surface area contributed by atoms with E-state index >= 15 is 0 Å². The highest BCUT2D eigenvalue weighted by molar-refractivity contribution is 9.10. The summed E-state index contributed by atoms with van der Waals surface area (Å²) in [6.07, 6.45) is 3.41. The van der Waals surface area contributed by atoms with Gasteiger partial charge in [0.2, 0.25) is 0 Å². The second kappa shape index (κ2) is 6.15. The predicted octanol–water partition coefficient (Wildman–Crippen LogP) is 3.88. The van der Waals surface area contributed by atoms with Gasteiger partial charge in [-0.1, -0.05) is 15.9 Å². The summed E-state index contributed by atoms with van der Waals surface area (Å²) in [5.41, 5.74) is 0.477. The molecule has 2 nitrogen and oxygen atoms in total. The first kappa shape index (κ1) is 14.0. The Morgan fingerprint density at radius 3 is 2.83 bits per heavy atom. The van der Waals surface area contributed by atoms with Crippen molar-refractivity contribution in [2.24, 2.45) is 5.92 Å². The minimum atomic E-state index is -0.351. The quantitative estimate of drug-likeness (QED) is 0.794. The molecule has 1 aromatic carbocycles. The second-order valence-electron chi connectivity index (χ2n) is 4.61. The first-order valence-electron chi connectivity index (χ1n) is 5.93. The van der Waals surface area contributed by atoms with Crippen LogP contribution in [0.5, 0.6) is 0 Å². The summed E-state index contributed by atoms with van der Waals surface area (Å²) in [6.45, 7) is 0.685. The van der Waals surface area contributed by atoms with Crippen LogP contribution in [0.3, 0.4) is 0 Å². The van der Waals surface area contributed by atoms with E-state index in [4.69, 9.17) is 0 Å². The van der Waals surface area contributed by atoms with Gasteiger partial charge < -0.3 is 5.32 Å². The maximum Gasteiger partial charge on any atom is 0.252 e. The van der Waals surface area contributed by atoms with Gasteiger partial charge in [0.1, 0.15) is 5.82 Å². The molecule has 1 fully saturated rings. The molecule has 98 valence electrons. The number of amides is 1. The molecule has 1 N–H and O–H groups in total. The van der Waals surface area contributed by atoms with E-state index in [9.17, 15) is 9.18 Å². The van der Waals surface area contributed by atoms with Crippen LogP contribution in [0, 0.1) is 11.7 Å². The van der Waals surface area contributed by atoms with Gasteiger partial charge in [-0.15, -0.1) is 0 Å². The molecular formula is C13H14Br2FNO. The largest absolute Gasteiger partial charge is 0.352 e. The molecule has 0 bridgehead atoms. The second-order valence-corrected chi connectivity index (χ2v) is 6.76. The zero-order valence-electron chi connectivity index (χ0n) is 9.76. The van der Waals surface area contributed by atoms with Crippen LogP contribution in [-0.2, 0) is 0 Å². The topological polar surface area (TPSA) is 29.1 Å². The molecule has 5 heteroatoms. The molecule has 2 atom stereocenters. The fourth-order valence-corrected chi connectivity index (χ4v) is 3.53. The maximum atomic E-state index is 12.9. The van der Waals surface area contributed by atoms with E-state index in [1.807, 2.05) is 0 Å². The molecule has 1 amide bonds. The zero-order valence-corrected chi connectivity index (χ0v) is 12.9. The molecule has 1 aliphatic carbocycles. The molecule has 0 aromatic heterocycles. The normalized spacial score (nSPS) is 23.1. The molecular weight excluding hydrogens is 365 g/mol. The number of halogens is 3. The molecule has 2 rings (SSSR count). The van der Waals surface area contributed by atoms with Gasteiger partial charge in [0.15, 0.2) is 0 Å². The van der Waals surface area contributed by atoms with Gasteiger partial charge in [-0.2, -0.15) is 0 Å². The van der Waals surface area contributed by atoms with E-state index in [0.717, 1.165) is 12.8 Å². The molecule has 1 saturated carbocycles. The van der Waals surface area contributed by atoms with Gasteiger partial charge in [0, 0.05) is 15.8 Å². The zero-order chi connectivity index (χ0) is 13.1. The summed E-state index contributed by atoms with van der Waals surface area (Å²) in [7, 11) is 0. The minimum Gasteiger partial charge on any atom is -0.352 e. The Balaban J connectivity index is 1.91. The monoisotopic (exact) mass is 377 g/mol. The minimum absolute atomic E-state index is 0.153. The van der Waals surface area contributed by atoms with Crippen molar-refractivity contribution < 1.29 is 9.18 Å². The van der Waals surface area contributed by atoms with E-state index in [2.05, 4.69) is 37.2 Å². The summed E-state index contributed by atoms with van der Waals surface area (Å²) in [4.78, 5) is 12.5. The van der Waals surface area contributed by atoms with Crippen molar-refractivity contribution in [2.45, 2.75) is 24.1 Å². The van der Waals surface area contributed by atoms with Crippen molar-refractivity contribution in [3.63, 3.8) is 0 Å². The lowest BCUT2D eigenvalue weighted by molar-refractivity contribution is 0.0946. The number of benzene rings is 1. The molecule has 0 heterocycles. The average Bonchev–Trinajstić information content (AvgIpc) is 2.72. The van der Waals surface area contributed by atoms with Crippen molar-refractivity contribution in [2.75, 3.05) is 6.54 Å². The Bertz CT molecular complexity index is 453. The van der Waals surface area contributed by atoms with E-state index in [0.29, 0.717) is 27.3 Å². The number of alkyl halides is 1. The summed E-state index contributed by atoms with van der Waals surface area (Å²) >= 11 is 6.79. The van der Waals surface area contributed by atoms with Gasteiger partial charge in [-0.3, -0.25) is 4.79 Å². The van der Waals surface area contributed by atoms with Crippen LogP contribution in [0.1, 0.15) is 29.6 Å². The summed E-state index contributed by atoms with van der Waals surface area (Å²) in [5.74, 6) is 0.0359. The maximum absolute atomic E-state index is 12.9. The van der Waals surface area contributed by atoms with Crippen molar-refractivity contribution in [1.82, 2.24) is 5.32 Å². The SMILES string of the molecule is O=C(NCC1CCC(Br)C1)c1ccc(F)cc1Br. The van der Waals surface area contributed by atoms with Crippen LogP contribution >= 0.6 is 31.9 Å². The lowest BCUT2D eigenvalue weighted by atomic mass is 10.1. The Morgan fingerprint density at radius 2 is 2.22 bits per heavy atom. The Morgan fingerprint density at radius 1 is 1.44 bits per heavy atom. The Kier molecular flexibility index (Phi) is 4.78. The van der Waals surface area contributed by atoms with Crippen LogP contribution in [0.25, 0.3) is 0 Å². The summed E-state index contributed by atoms with van der Waals surface area (Å²) < 4.78 is 13.4. The van der Waals surface area contributed by atoms with Crippen molar-refractivity contribution in [3.05, 3.63) is 34.1 Å². The van der Waals surface area contributed by atoms with Crippen LogP contribution in [0.15, 0.2) is 22.7 Å².